The molecule has 0 atom stereocenters. The second kappa shape index (κ2) is 3.40. The van der Waals surface area contributed by atoms with E-state index in [9.17, 15) is 9.59 Å². The standard InChI is InChI=1S/C10H7ClN2O2/c11-5-2-1-3-6(4-5)13-8-7(12)9(14)10(8)15/h1-4,13H,12H2. The van der Waals surface area contributed by atoms with E-state index in [-0.39, 0.29) is 11.4 Å². The van der Waals surface area contributed by atoms with Crippen LogP contribution in [0.25, 0.3) is 0 Å². The van der Waals surface area contributed by atoms with Crippen LogP contribution >= 0.6 is 11.6 Å². The van der Waals surface area contributed by atoms with E-state index in [1.807, 2.05) is 0 Å². The lowest BCUT2D eigenvalue weighted by Crippen LogP contribution is -2.36. The Balaban J connectivity index is 2.32. The molecule has 15 heavy (non-hydrogen) atoms. The topological polar surface area (TPSA) is 72.2 Å². The van der Waals surface area contributed by atoms with Crippen LogP contribution in [0.4, 0.5) is 17.1 Å². The van der Waals surface area contributed by atoms with Crippen molar-refractivity contribution in [1.29, 1.82) is 0 Å². The Kier molecular flexibility index (Phi) is 2.21. The van der Waals surface area contributed by atoms with Crippen LogP contribution in [0.2, 0.25) is 5.02 Å². The number of halogens is 1. The zero-order valence-electron chi connectivity index (χ0n) is 7.58. The summed E-state index contributed by atoms with van der Waals surface area (Å²) in [7, 11) is 0. The second-order valence-electron chi connectivity index (χ2n) is 3.08. The van der Waals surface area contributed by atoms with Gasteiger partial charge in [0.25, 0.3) is 10.9 Å². The quantitative estimate of drug-likeness (QED) is 0.751. The van der Waals surface area contributed by atoms with Gasteiger partial charge in [-0.15, -0.1) is 0 Å². The summed E-state index contributed by atoms with van der Waals surface area (Å²) >= 11 is 5.75. The molecule has 0 spiro atoms. The zero-order chi connectivity index (χ0) is 11.0. The van der Waals surface area contributed by atoms with Crippen LogP contribution in [-0.2, 0) is 0 Å². The molecule has 0 aromatic heterocycles. The molecular formula is C10H7ClN2O2. The molecule has 0 saturated heterocycles. The van der Waals surface area contributed by atoms with Crippen LogP contribution in [-0.4, -0.2) is 0 Å². The van der Waals surface area contributed by atoms with E-state index >= 15 is 0 Å². The van der Waals surface area contributed by atoms with Gasteiger partial charge in [-0.3, -0.25) is 9.59 Å². The highest BCUT2D eigenvalue weighted by molar-refractivity contribution is 6.30. The van der Waals surface area contributed by atoms with Crippen molar-refractivity contribution in [2.24, 2.45) is 0 Å². The fourth-order valence-corrected chi connectivity index (χ4v) is 1.43. The Labute approximate surface area is 90.0 Å². The monoisotopic (exact) mass is 222 g/mol. The van der Waals surface area contributed by atoms with Crippen molar-refractivity contribution in [3.63, 3.8) is 0 Å². The first-order valence-electron chi connectivity index (χ1n) is 4.21. The SMILES string of the molecule is Nc1c(Nc2cccc(Cl)c2)c(=O)c1=O. The van der Waals surface area contributed by atoms with Gasteiger partial charge in [0, 0.05) is 10.7 Å². The minimum absolute atomic E-state index is 0.0278. The van der Waals surface area contributed by atoms with Crippen LogP contribution in [0.3, 0.4) is 0 Å². The second-order valence-corrected chi connectivity index (χ2v) is 3.52. The van der Waals surface area contributed by atoms with Crippen LogP contribution in [0.1, 0.15) is 0 Å². The fourth-order valence-electron chi connectivity index (χ4n) is 1.24. The molecule has 5 heteroatoms. The van der Waals surface area contributed by atoms with Crippen molar-refractivity contribution >= 4 is 28.7 Å². The third kappa shape index (κ3) is 1.59. The average molecular weight is 223 g/mol. The van der Waals surface area contributed by atoms with Gasteiger partial charge in [0.05, 0.1) is 0 Å². The number of nitrogen functional groups attached to an aromatic ring is 1. The minimum atomic E-state index is -0.639. The number of anilines is 3. The summed E-state index contributed by atoms with van der Waals surface area (Å²) in [5, 5.41) is 3.29. The minimum Gasteiger partial charge on any atom is -0.394 e. The Bertz CT molecular complexity index is 585. The van der Waals surface area contributed by atoms with Crippen LogP contribution in [0, 0.1) is 0 Å². The lowest BCUT2D eigenvalue weighted by Gasteiger charge is -2.09. The van der Waals surface area contributed by atoms with E-state index in [1.165, 1.54) is 0 Å². The molecule has 3 N–H and O–H groups in total. The maximum atomic E-state index is 11.1. The Hall–Kier alpha value is -1.81. The molecule has 0 heterocycles. The molecule has 0 aliphatic heterocycles. The first kappa shape index (κ1) is 9.73. The maximum absolute atomic E-state index is 11.1. The summed E-state index contributed by atoms with van der Waals surface area (Å²) < 4.78 is 0. The number of nitrogens with two attached hydrogens (primary N) is 1. The van der Waals surface area contributed by atoms with Crippen molar-refractivity contribution in [2.75, 3.05) is 11.1 Å². The van der Waals surface area contributed by atoms with Crippen LogP contribution in [0.5, 0.6) is 0 Å². The lowest BCUT2D eigenvalue weighted by atomic mass is 10.2. The van der Waals surface area contributed by atoms with Crippen LogP contribution < -0.4 is 21.9 Å². The summed E-state index contributed by atoms with van der Waals surface area (Å²) in [4.78, 5) is 21.9. The molecule has 2 aromatic rings. The summed E-state index contributed by atoms with van der Waals surface area (Å²) in [6.07, 6.45) is 0. The van der Waals surface area contributed by atoms with Crippen molar-refractivity contribution in [1.82, 2.24) is 0 Å². The molecule has 0 amide bonds. The van der Waals surface area contributed by atoms with Gasteiger partial charge in [-0.2, -0.15) is 0 Å². The molecule has 2 aromatic carbocycles. The molecule has 2 rings (SSSR count). The number of hydrogen-bond acceptors (Lipinski definition) is 4. The molecule has 76 valence electrons. The molecule has 0 saturated carbocycles. The van der Waals surface area contributed by atoms with Gasteiger partial charge in [0.1, 0.15) is 11.4 Å². The lowest BCUT2D eigenvalue weighted by molar-refractivity contribution is 1.39. The molecule has 4 nitrogen and oxygen atoms in total. The van der Waals surface area contributed by atoms with Crippen molar-refractivity contribution < 1.29 is 0 Å². The molecule has 0 fully saturated rings. The normalized spacial score (nSPS) is 10.5. The summed E-state index contributed by atoms with van der Waals surface area (Å²) in [5.41, 5.74) is 4.87. The average Bonchev–Trinajstić information content (AvgIpc) is 2.24. The number of benzene rings is 1. The summed E-state index contributed by atoms with van der Waals surface area (Å²) in [6, 6.07) is 6.80. The van der Waals surface area contributed by atoms with Gasteiger partial charge in [-0.1, -0.05) is 17.7 Å². The number of nitrogens with one attached hydrogen (secondary N) is 1. The molecule has 0 aliphatic carbocycles. The highest BCUT2D eigenvalue weighted by Gasteiger charge is 2.17. The smallest absolute Gasteiger partial charge is 0.253 e. The Morgan fingerprint density at radius 1 is 1.20 bits per heavy atom. The third-order valence-corrected chi connectivity index (χ3v) is 2.28. The summed E-state index contributed by atoms with van der Waals surface area (Å²) in [6.45, 7) is 0. The maximum Gasteiger partial charge on any atom is 0.253 e. The predicted molar refractivity (Wildman–Crippen MR) is 60.5 cm³/mol. The first-order chi connectivity index (χ1) is 7.09. The highest BCUT2D eigenvalue weighted by Crippen LogP contribution is 2.20. The molecular weight excluding hydrogens is 216 g/mol. The molecule has 0 radical (unpaired) electrons. The van der Waals surface area contributed by atoms with E-state index < -0.39 is 10.9 Å². The van der Waals surface area contributed by atoms with E-state index in [0.29, 0.717) is 10.7 Å². The van der Waals surface area contributed by atoms with Gasteiger partial charge in [0.2, 0.25) is 0 Å². The third-order valence-electron chi connectivity index (χ3n) is 2.04. The van der Waals surface area contributed by atoms with E-state index in [1.54, 1.807) is 24.3 Å². The predicted octanol–water partition coefficient (Wildman–Crippen LogP) is 1.26. The van der Waals surface area contributed by atoms with Crippen molar-refractivity contribution in [2.45, 2.75) is 0 Å². The van der Waals surface area contributed by atoms with Gasteiger partial charge in [-0.25, -0.2) is 0 Å². The molecule has 0 bridgehead atoms. The van der Waals surface area contributed by atoms with E-state index in [4.69, 9.17) is 17.3 Å². The van der Waals surface area contributed by atoms with Gasteiger partial charge < -0.3 is 11.1 Å². The number of rotatable bonds is 2. The fraction of sp³-hybridized carbons (Fsp3) is 0. The molecule has 0 unspecified atom stereocenters. The Morgan fingerprint density at radius 3 is 2.53 bits per heavy atom. The first-order valence-corrected chi connectivity index (χ1v) is 4.59. The van der Waals surface area contributed by atoms with Crippen LogP contribution in [0.15, 0.2) is 33.9 Å². The van der Waals surface area contributed by atoms with Crippen molar-refractivity contribution in [3.8, 4) is 0 Å². The Morgan fingerprint density at radius 2 is 1.93 bits per heavy atom. The largest absolute Gasteiger partial charge is 0.394 e. The number of hydrogen-bond donors (Lipinski definition) is 2. The summed E-state index contributed by atoms with van der Waals surface area (Å²) in [5.74, 6) is 0. The zero-order valence-corrected chi connectivity index (χ0v) is 8.34. The molecule has 0 aliphatic rings. The highest BCUT2D eigenvalue weighted by atomic mass is 35.5. The van der Waals surface area contributed by atoms with E-state index in [0.717, 1.165) is 0 Å². The van der Waals surface area contributed by atoms with Gasteiger partial charge in [0.15, 0.2) is 0 Å². The van der Waals surface area contributed by atoms with Crippen molar-refractivity contribution in [3.05, 3.63) is 49.7 Å². The van der Waals surface area contributed by atoms with Gasteiger partial charge >= 0.3 is 0 Å². The van der Waals surface area contributed by atoms with Gasteiger partial charge in [-0.05, 0) is 18.2 Å². The van der Waals surface area contributed by atoms with E-state index in [2.05, 4.69) is 5.32 Å².